The maximum atomic E-state index is 12.4. The molecule has 3 aromatic carbocycles. The van der Waals surface area contributed by atoms with Crippen LogP contribution in [0.1, 0.15) is 52.6 Å². The first-order valence-electron chi connectivity index (χ1n) is 11.1. The summed E-state index contributed by atoms with van der Waals surface area (Å²) in [7, 11) is 0. The number of benzene rings is 3. The fraction of sp³-hybridized carbons (Fsp3) is 0.185. The van der Waals surface area contributed by atoms with Gasteiger partial charge in [0.05, 0.1) is 11.0 Å². The number of thioether (sulfide) groups is 1. The Morgan fingerprint density at radius 1 is 0.857 bits per heavy atom. The van der Waals surface area contributed by atoms with Crippen LogP contribution in [0.4, 0.5) is 0 Å². The predicted octanol–water partition coefficient (Wildman–Crippen LogP) is 4.80. The van der Waals surface area contributed by atoms with E-state index in [1.54, 1.807) is 36.0 Å². The highest BCUT2D eigenvalue weighted by Crippen LogP contribution is 2.24. The summed E-state index contributed by atoms with van der Waals surface area (Å²) in [4.78, 5) is 44.8. The van der Waals surface area contributed by atoms with E-state index in [0.29, 0.717) is 11.3 Å². The molecule has 7 nitrogen and oxygen atoms in total. The van der Waals surface area contributed by atoms with Gasteiger partial charge in [0.15, 0.2) is 5.16 Å². The second-order valence-electron chi connectivity index (χ2n) is 9.11. The van der Waals surface area contributed by atoms with Gasteiger partial charge >= 0.3 is 5.91 Å². The Morgan fingerprint density at radius 3 is 2.17 bits per heavy atom. The zero-order valence-electron chi connectivity index (χ0n) is 19.7. The van der Waals surface area contributed by atoms with Crippen molar-refractivity contribution in [1.29, 1.82) is 0 Å². The van der Waals surface area contributed by atoms with Gasteiger partial charge in [0.25, 0.3) is 11.7 Å². The maximum absolute atomic E-state index is 12.4. The van der Waals surface area contributed by atoms with Gasteiger partial charge in [0.2, 0.25) is 0 Å². The van der Waals surface area contributed by atoms with Gasteiger partial charge in [-0.05, 0) is 40.8 Å². The zero-order valence-corrected chi connectivity index (χ0v) is 20.5. The fourth-order valence-electron chi connectivity index (χ4n) is 3.40. The van der Waals surface area contributed by atoms with Gasteiger partial charge < -0.3 is 4.98 Å². The van der Waals surface area contributed by atoms with Crippen LogP contribution in [0.15, 0.2) is 78.0 Å². The van der Waals surface area contributed by atoms with Crippen LogP contribution >= 0.6 is 11.8 Å². The number of H-pyrrole nitrogens is 1. The summed E-state index contributed by atoms with van der Waals surface area (Å²) in [6, 6.07) is 21.8. The number of nitrogens with one attached hydrogen (secondary N) is 3. The minimum Gasteiger partial charge on any atom is -0.333 e. The summed E-state index contributed by atoms with van der Waals surface area (Å²) in [6.45, 7) is 6.20. The van der Waals surface area contributed by atoms with Crippen LogP contribution in [0.3, 0.4) is 0 Å². The lowest BCUT2D eigenvalue weighted by atomic mass is 9.86. The Hall–Kier alpha value is -3.91. The number of hydrogen-bond donors (Lipinski definition) is 3. The molecule has 0 saturated heterocycles. The molecule has 0 unspecified atom stereocenters. The molecule has 3 N–H and O–H groups in total. The number of ketones is 1. The van der Waals surface area contributed by atoms with Crippen molar-refractivity contribution in [1.82, 2.24) is 20.8 Å². The Bertz CT molecular complexity index is 1340. The molecule has 4 aromatic rings. The van der Waals surface area contributed by atoms with E-state index in [-0.39, 0.29) is 11.0 Å². The van der Waals surface area contributed by atoms with Crippen molar-refractivity contribution in [3.63, 3.8) is 0 Å². The standard InChI is InChI=1S/C27H26N4O3S/c1-27(2,3)20-14-12-18(13-15-20)23(32)25(34)31-30-24(33)19-10-8-17(9-11-19)16-35-26-28-21-6-4-5-7-22(21)29-26/h4-15H,16H2,1-3H3,(H,28,29)(H,30,33)(H,31,34). The van der Waals surface area contributed by atoms with Crippen LogP contribution < -0.4 is 10.9 Å². The number of carbonyl (C=O) groups excluding carboxylic acids is 3. The van der Waals surface area contributed by atoms with Crippen molar-refractivity contribution in [2.24, 2.45) is 0 Å². The second-order valence-corrected chi connectivity index (χ2v) is 10.1. The molecule has 0 radical (unpaired) electrons. The maximum Gasteiger partial charge on any atom is 0.310 e. The molecule has 1 heterocycles. The van der Waals surface area contributed by atoms with Crippen molar-refractivity contribution < 1.29 is 14.4 Å². The lowest BCUT2D eigenvalue weighted by molar-refractivity contribution is -0.117. The molecule has 1 aromatic heterocycles. The molecule has 0 bridgehead atoms. The van der Waals surface area contributed by atoms with E-state index in [9.17, 15) is 14.4 Å². The summed E-state index contributed by atoms with van der Waals surface area (Å²) in [5, 5.41) is 0.827. The monoisotopic (exact) mass is 486 g/mol. The molecule has 178 valence electrons. The van der Waals surface area contributed by atoms with E-state index in [4.69, 9.17) is 0 Å². The molecule has 0 aliphatic carbocycles. The number of para-hydroxylation sites is 2. The van der Waals surface area contributed by atoms with Crippen molar-refractivity contribution in [2.45, 2.75) is 37.1 Å². The number of Topliss-reactive ketones (excluding diaryl/α,β-unsaturated/α-hetero) is 1. The molecule has 0 fully saturated rings. The SMILES string of the molecule is CC(C)(C)c1ccc(C(=O)C(=O)NNC(=O)c2ccc(CSc3nc4ccccc4[nH]3)cc2)cc1. The average molecular weight is 487 g/mol. The summed E-state index contributed by atoms with van der Waals surface area (Å²) in [5.74, 6) is -1.45. The molecule has 2 amide bonds. The first-order chi connectivity index (χ1) is 16.7. The van der Waals surface area contributed by atoms with E-state index in [1.807, 2.05) is 48.5 Å². The summed E-state index contributed by atoms with van der Waals surface area (Å²) < 4.78 is 0. The van der Waals surface area contributed by atoms with Crippen LogP contribution in [0.5, 0.6) is 0 Å². The molecular weight excluding hydrogens is 460 g/mol. The molecule has 4 rings (SSSR count). The minimum atomic E-state index is -0.902. The first kappa shape index (κ1) is 24.2. The third-order valence-corrected chi connectivity index (χ3v) is 6.41. The number of aromatic nitrogens is 2. The van der Waals surface area contributed by atoms with Crippen LogP contribution in [0.25, 0.3) is 11.0 Å². The third-order valence-electron chi connectivity index (χ3n) is 5.47. The highest BCUT2D eigenvalue weighted by atomic mass is 32.2. The Kier molecular flexibility index (Phi) is 7.02. The van der Waals surface area contributed by atoms with Gasteiger partial charge in [-0.1, -0.05) is 81.1 Å². The number of aromatic amines is 1. The predicted molar refractivity (Wildman–Crippen MR) is 137 cm³/mol. The van der Waals surface area contributed by atoms with E-state index >= 15 is 0 Å². The van der Waals surface area contributed by atoms with Gasteiger partial charge in [-0.15, -0.1) is 0 Å². The number of hydrazine groups is 1. The van der Waals surface area contributed by atoms with Crippen LogP contribution in [-0.2, 0) is 16.0 Å². The number of fused-ring (bicyclic) bond motifs is 1. The van der Waals surface area contributed by atoms with Gasteiger partial charge in [0, 0.05) is 16.9 Å². The quantitative estimate of drug-likeness (QED) is 0.157. The van der Waals surface area contributed by atoms with Gasteiger partial charge in [0.1, 0.15) is 0 Å². The Balaban J connectivity index is 1.28. The van der Waals surface area contributed by atoms with Crippen LogP contribution in [-0.4, -0.2) is 27.6 Å². The number of amides is 2. The summed E-state index contributed by atoms with van der Waals surface area (Å²) in [5.41, 5.74) is 9.05. The van der Waals surface area contributed by atoms with Crippen molar-refractivity contribution in [3.8, 4) is 0 Å². The van der Waals surface area contributed by atoms with Gasteiger partial charge in [-0.25, -0.2) is 4.98 Å². The normalized spacial score (nSPS) is 11.3. The lowest BCUT2D eigenvalue weighted by Crippen LogP contribution is -2.44. The van der Waals surface area contributed by atoms with E-state index < -0.39 is 17.6 Å². The molecule has 0 aliphatic rings. The molecule has 0 aliphatic heterocycles. The average Bonchev–Trinajstić information content (AvgIpc) is 3.28. The molecule has 35 heavy (non-hydrogen) atoms. The zero-order chi connectivity index (χ0) is 25.0. The first-order valence-corrected chi connectivity index (χ1v) is 12.1. The highest BCUT2D eigenvalue weighted by molar-refractivity contribution is 7.98. The topological polar surface area (TPSA) is 104 Å². The minimum absolute atomic E-state index is 0.0561. The smallest absolute Gasteiger partial charge is 0.310 e. The highest BCUT2D eigenvalue weighted by Gasteiger charge is 2.19. The molecular formula is C27H26N4O3S. The van der Waals surface area contributed by atoms with Crippen molar-refractivity contribution in [2.75, 3.05) is 0 Å². The van der Waals surface area contributed by atoms with E-state index in [1.165, 1.54) is 0 Å². The van der Waals surface area contributed by atoms with E-state index in [0.717, 1.165) is 27.3 Å². The molecule has 0 saturated carbocycles. The number of imidazole rings is 1. The Morgan fingerprint density at radius 2 is 1.51 bits per heavy atom. The van der Waals surface area contributed by atoms with Gasteiger partial charge in [-0.3, -0.25) is 25.2 Å². The second kappa shape index (κ2) is 10.1. The lowest BCUT2D eigenvalue weighted by Gasteiger charge is -2.18. The van der Waals surface area contributed by atoms with Crippen LogP contribution in [0.2, 0.25) is 0 Å². The van der Waals surface area contributed by atoms with Crippen molar-refractivity contribution >= 4 is 40.4 Å². The molecule has 0 spiro atoms. The fourth-order valence-corrected chi connectivity index (χ4v) is 4.24. The van der Waals surface area contributed by atoms with Crippen LogP contribution in [0, 0.1) is 0 Å². The molecule has 0 atom stereocenters. The summed E-state index contributed by atoms with van der Waals surface area (Å²) >= 11 is 1.57. The summed E-state index contributed by atoms with van der Waals surface area (Å²) in [6.07, 6.45) is 0. The Labute approximate surface area is 207 Å². The molecule has 8 heteroatoms. The number of rotatable bonds is 6. The third kappa shape index (κ3) is 5.96. The largest absolute Gasteiger partial charge is 0.333 e. The van der Waals surface area contributed by atoms with Crippen molar-refractivity contribution in [3.05, 3.63) is 95.1 Å². The number of carbonyl (C=O) groups is 3. The number of hydrogen-bond acceptors (Lipinski definition) is 5. The van der Waals surface area contributed by atoms with Gasteiger partial charge in [-0.2, -0.15) is 0 Å². The van der Waals surface area contributed by atoms with E-state index in [2.05, 4.69) is 41.6 Å². The number of nitrogens with zero attached hydrogens (tertiary/aromatic N) is 1.